The van der Waals surface area contributed by atoms with Gasteiger partial charge in [0.25, 0.3) is 0 Å². The smallest absolute Gasteiger partial charge is 0.191 e. The molecule has 2 aromatic carbocycles. The average Bonchev–Trinajstić information content (AvgIpc) is 2.74. The molecule has 2 unspecified atom stereocenters. The van der Waals surface area contributed by atoms with Gasteiger partial charge in [0.2, 0.25) is 0 Å². The predicted molar refractivity (Wildman–Crippen MR) is 122 cm³/mol. The fourth-order valence-electron chi connectivity index (χ4n) is 3.83. The van der Waals surface area contributed by atoms with Gasteiger partial charge in [0.05, 0.1) is 11.8 Å². The Morgan fingerprint density at radius 1 is 1.17 bits per heavy atom. The van der Waals surface area contributed by atoms with E-state index in [-0.39, 0.29) is 11.9 Å². The van der Waals surface area contributed by atoms with Crippen molar-refractivity contribution in [2.24, 2.45) is 10.9 Å². The second-order valence-electron chi connectivity index (χ2n) is 8.09. The zero-order valence-corrected chi connectivity index (χ0v) is 18.4. The number of halogens is 1. The van der Waals surface area contributed by atoms with Crippen LogP contribution in [-0.2, 0) is 11.3 Å². The van der Waals surface area contributed by atoms with Crippen LogP contribution in [0.4, 0.5) is 10.1 Å². The van der Waals surface area contributed by atoms with Crippen LogP contribution < -0.4 is 15.5 Å². The molecule has 1 heterocycles. The molecule has 30 heavy (non-hydrogen) atoms. The summed E-state index contributed by atoms with van der Waals surface area (Å²) in [5.41, 5.74) is 3.94. The summed E-state index contributed by atoms with van der Waals surface area (Å²) in [7, 11) is 5.42. The van der Waals surface area contributed by atoms with Gasteiger partial charge in [-0.15, -0.1) is 0 Å². The number of hydrogen-bond acceptors (Lipinski definition) is 3. The maximum atomic E-state index is 14.2. The topological polar surface area (TPSA) is 48.9 Å². The molecule has 1 aliphatic heterocycles. The fraction of sp³-hybridized carbons (Fsp3) is 0.458. The van der Waals surface area contributed by atoms with Gasteiger partial charge in [-0.2, -0.15) is 0 Å². The van der Waals surface area contributed by atoms with Crippen molar-refractivity contribution in [3.05, 3.63) is 65.0 Å². The Morgan fingerprint density at radius 3 is 2.60 bits per heavy atom. The molecule has 0 spiro atoms. The SMILES string of the molecule is CN=C(NCc1ccc(N(C)C)c(F)c1)NCC1CCCOC1c1ccc(C)cc1. The summed E-state index contributed by atoms with van der Waals surface area (Å²) in [5.74, 6) is 0.861. The summed E-state index contributed by atoms with van der Waals surface area (Å²) in [6.45, 7) is 4.18. The molecule has 1 aliphatic rings. The van der Waals surface area contributed by atoms with Crippen LogP contribution in [-0.4, -0.2) is 40.3 Å². The number of aliphatic imine (C=N–C) groups is 1. The summed E-state index contributed by atoms with van der Waals surface area (Å²) < 4.78 is 20.3. The summed E-state index contributed by atoms with van der Waals surface area (Å²) in [6.07, 6.45) is 2.27. The molecule has 2 aromatic rings. The van der Waals surface area contributed by atoms with E-state index in [0.717, 1.165) is 31.6 Å². The first-order valence-electron chi connectivity index (χ1n) is 10.6. The minimum atomic E-state index is -0.220. The molecule has 0 radical (unpaired) electrons. The normalized spacial score (nSPS) is 19.4. The lowest BCUT2D eigenvalue weighted by Crippen LogP contribution is -2.41. The summed E-state index contributed by atoms with van der Waals surface area (Å²) in [4.78, 5) is 6.08. The van der Waals surface area contributed by atoms with Crippen molar-refractivity contribution in [2.45, 2.75) is 32.4 Å². The molecule has 0 saturated carbocycles. The lowest BCUT2D eigenvalue weighted by atomic mass is 9.89. The quantitative estimate of drug-likeness (QED) is 0.556. The molecule has 1 saturated heterocycles. The van der Waals surface area contributed by atoms with Gasteiger partial charge in [0, 0.05) is 46.8 Å². The molecule has 6 heteroatoms. The number of aryl methyl sites for hydroxylation is 1. The van der Waals surface area contributed by atoms with Gasteiger partial charge in [0.15, 0.2) is 5.96 Å². The van der Waals surface area contributed by atoms with Crippen LogP contribution in [0.2, 0.25) is 0 Å². The van der Waals surface area contributed by atoms with Gasteiger partial charge in [-0.1, -0.05) is 35.9 Å². The van der Waals surface area contributed by atoms with E-state index in [1.54, 1.807) is 24.1 Å². The first-order chi connectivity index (χ1) is 14.5. The second-order valence-corrected chi connectivity index (χ2v) is 8.09. The predicted octanol–water partition coefficient (Wildman–Crippen LogP) is 4.03. The summed E-state index contributed by atoms with van der Waals surface area (Å²) in [6, 6.07) is 13.9. The van der Waals surface area contributed by atoms with E-state index < -0.39 is 0 Å². The number of benzene rings is 2. The number of nitrogens with zero attached hydrogens (tertiary/aromatic N) is 2. The minimum Gasteiger partial charge on any atom is -0.375 e. The first-order valence-corrected chi connectivity index (χ1v) is 10.6. The van der Waals surface area contributed by atoms with Crippen LogP contribution in [0, 0.1) is 18.7 Å². The summed E-state index contributed by atoms with van der Waals surface area (Å²) in [5, 5.41) is 6.70. The number of nitrogens with one attached hydrogen (secondary N) is 2. The fourth-order valence-corrected chi connectivity index (χ4v) is 3.83. The number of hydrogen-bond donors (Lipinski definition) is 2. The third kappa shape index (κ3) is 5.72. The van der Waals surface area contributed by atoms with E-state index in [2.05, 4.69) is 46.8 Å². The van der Waals surface area contributed by atoms with Crippen molar-refractivity contribution < 1.29 is 9.13 Å². The van der Waals surface area contributed by atoms with Gasteiger partial charge in [0.1, 0.15) is 5.82 Å². The minimum absolute atomic E-state index is 0.0950. The Bertz CT molecular complexity index is 851. The zero-order chi connectivity index (χ0) is 21.5. The van der Waals surface area contributed by atoms with Crippen molar-refractivity contribution in [1.82, 2.24) is 10.6 Å². The number of anilines is 1. The average molecular weight is 413 g/mol. The van der Waals surface area contributed by atoms with E-state index in [1.165, 1.54) is 11.1 Å². The maximum Gasteiger partial charge on any atom is 0.191 e. The van der Waals surface area contributed by atoms with Gasteiger partial charge in [-0.25, -0.2) is 4.39 Å². The highest BCUT2D eigenvalue weighted by Gasteiger charge is 2.27. The van der Waals surface area contributed by atoms with Crippen molar-refractivity contribution in [1.29, 1.82) is 0 Å². The standard InChI is InChI=1S/C24H33FN4O/c1-17-7-10-19(11-8-17)23-20(6-5-13-30-23)16-28-24(26-2)27-15-18-9-12-22(29(3)4)21(25)14-18/h7-12,14,20,23H,5-6,13,15-16H2,1-4H3,(H2,26,27,28). The second kappa shape index (κ2) is 10.4. The van der Waals surface area contributed by atoms with Gasteiger partial charge >= 0.3 is 0 Å². The van der Waals surface area contributed by atoms with Gasteiger partial charge in [-0.3, -0.25) is 4.99 Å². The van der Waals surface area contributed by atoms with Crippen LogP contribution >= 0.6 is 0 Å². The number of ether oxygens (including phenoxy) is 1. The van der Waals surface area contributed by atoms with Gasteiger partial charge < -0.3 is 20.3 Å². The van der Waals surface area contributed by atoms with Crippen molar-refractivity contribution in [3.8, 4) is 0 Å². The maximum absolute atomic E-state index is 14.2. The van der Waals surface area contributed by atoms with Crippen molar-refractivity contribution >= 4 is 11.6 Å². The van der Waals surface area contributed by atoms with E-state index >= 15 is 0 Å². The Kier molecular flexibility index (Phi) is 7.69. The highest BCUT2D eigenvalue weighted by molar-refractivity contribution is 5.79. The molecule has 3 rings (SSSR count). The lowest BCUT2D eigenvalue weighted by Gasteiger charge is -2.32. The Morgan fingerprint density at radius 2 is 1.93 bits per heavy atom. The first kappa shape index (κ1) is 22.1. The third-order valence-electron chi connectivity index (χ3n) is 5.56. The molecule has 0 bridgehead atoms. The van der Waals surface area contributed by atoms with Crippen molar-refractivity contribution in [3.63, 3.8) is 0 Å². The molecule has 0 aromatic heterocycles. The number of rotatable bonds is 6. The highest BCUT2D eigenvalue weighted by atomic mass is 19.1. The molecule has 162 valence electrons. The largest absolute Gasteiger partial charge is 0.375 e. The van der Waals surface area contributed by atoms with E-state index in [0.29, 0.717) is 24.1 Å². The Balaban J connectivity index is 1.56. The van der Waals surface area contributed by atoms with Crippen LogP contribution in [0.25, 0.3) is 0 Å². The lowest BCUT2D eigenvalue weighted by molar-refractivity contribution is -0.0265. The monoisotopic (exact) mass is 412 g/mol. The van der Waals surface area contributed by atoms with Crippen LogP contribution in [0.15, 0.2) is 47.5 Å². The molecular weight excluding hydrogens is 379 g/mol. The van der Waals surface area contributed by atoms with Crippen LogP contribution in [0.5, 0.6) is 0 Å². The Hall–Kier alpha value is -2.60. The molecule has 0 amide bonds. The van der Waals surface area contributed by atoms with Crippen LogP contribution in [0.1, 0.15) is 35.6 Å². The molecule has 2 N–H and O–H groups in total. The highest BCUT2D eigenvalue weighted by Crippen LogP contribution is 2.33. The molecule has 5 nitrogen and oxygen atoms in total. The molecular formula is C24H33FN4O. The Labute approximate surface area is 179 Å². The zero-order valence-electron chi connectivity index (χ0n) is 18.4. The van der Waals surface area contributed by atoms with E-state index in [9.17, 15) is 4.39 Å². The van der Waals surface area contributed by atoms with Gasteiger partial charge in [-0.05, 0) is 43.0 Å². The van der Waals surface area contributed by atoms with Crippen molar-refractivity contribution in [2.75, 3.05) is 39.2 Å². The molecule has 0 aliphatic carbocycles. The third-order valence-corrected chi connectivity index (χ3v) is 5.56. The molecule has 2 atom stereocenters. The summed E-state index contributed by atoms with van der Waals surface area (Å²) >= 11 is 0. The molecule has 1 fully saturated rings. The number of guanidine groups is 1. The van der Waals surface area contributed by atoms with E-state index in [1.807, 2.05) is 20.2 Å². The van der Waals surface area contributed by atoms with E-state index in [4.69, 9.17) is 4.74 Å². The van der Waals surface area contributed by atoms with Crippen LogP contribution in [0.3, 0.4) is 0 Å².